The number of nitrogens with one attached hydrogen (secondary N) is 1. The van der Waals surface area contributed by atoms with Crippen molar-refractivity contribution < 1.29 is 4.74 Å². The highest BCUT2D eigenvalue weighted by Gasteiger charge is 2.10. The lowest BCUT2D eigenvalue weighted by Gasteiger charge is -2.18. The lowest BCUT2D eigenvalue weighted by atomic mass is 10.1. The topological polar surface area (TPSA) is 21.3 Å². The van der Waals surface area contributed by atoms with E-state index >= 15 is 0 Å². The molecule has 102 valence electrons. The maximum absolute atomic E-state index is 5.11. The van der Waals surface area contributed by atoms with Crippen LogP contribution in [-0.4, -0.2) is 26.0 Å². The summed E-state index contributed by atoms with van der Waals surface area (Å²) in [5, 5.41) is 3.54. The van der Waals surface area contributed by atoms with Gasteiger partial charge in [0.2, 0.25) is 0 Å². The molecule has 1 unspecified atom stereocenters. The molecule has 0 aromatic heterocycles. The molecule has 1 aromatic rings. The summed E-state index contributed by atoms with van der Waals surface area (Å²) in [7, 11) is 1.74. The molecule has 0 amide bonds. The predicted octanol–water partition coefficient (Wildman–Crippen LogP) is 4.25. The Hall–Kier alpha value is -0.0300. The summed E-state index contributed by atoms with van der Waals surface area (Å²) in [5.74, 6) is 0.992. The van der Waals surface area contributed by atoms with Crippen molar-refractivity contribution in [3.8, 4) is 0 Å². The van der Waals surface area contributed by atoms with E-state index in [1.54, 1.807) is 7.11 Å². The summed E-state index contributed by atoms with van der Waals surface area (Å²) < 4.78 is 6.24. The van der Waals surface area contributed by atoms with Crippen LogP contribution in [0.25, 0.3) is 0 Å². The molecule has 0 aliphatic carbocycles. The van der Waals surface area contributed by atoms with Crippen molar-refractivity contribution in [1.29, 1.82) is 0 Å². The van der Waals surface area contributed by atoms with Gasteiger partial charge in [-0.1, -0.05) is 22.9 Å². The summed E-state index contributed by atoms with van der Waals surface area (Å²) in [5.41, 5.74) is 1.36. The predicted molar refractivity (Wildman–Crippen MR) is 83.5 cm³/mol. The highest BCUT2D eigenvalue weighted by molar-refractivity contribution is 9.10. The first-order valence-corrected chi connectivity index (χ1v) is 8.11. The van der Waals surface area contributed by atoms with Gasteiger partial charge in [0.15, 0.2) is 0 Å². The number of methoxy groups -OCH3 is 1. The van der Waals surface area contributed by atoms with Gasteiger partial charge in [0.25, 0.3) is 0 Å². The SMILES string of the molecule is CCCNC(C)c1cc(Br)ccc1SCCOC. The Morgan fingerprint density at radius 2 is 2.22 bits per heavy atom. The average molecular weight is 332 g/mol. The lowest BCUT2D eigenvalue weighted by molar-refractivity contribution is 0.218. The Balaban J connectivity index is 2.75. The number of halogens is 1. The second kappa shape index (κ2) is 8.97. The fraction of sp³-hybridized carbons (Fsp3) is 0.571. The van der Waals surface area contributed by atoms with Crippen LogP contribution in [0.4, 0.5) is 0 Å². The van der Waals surface area contributed by atoms with Crippen LogP contribution in [0.2, 0.25) is 0 Å². The highest BCUT2D eigenvalue weighted by atomic mass is 79.9. The fourth-order valence-corrected chi connectivity index (χ4v) is 3.11. The molecule has 1 N–H and O–H groups in total. The first-order chi connectivity index (χ1) is 8.69. The monoisotopic (exact) mass is 331 g/mol. The van der Waals surface area contributed by atoms with Gasteiger partial charge >= 0.3 is 0 Å². The molecule has 0 fully saturated rings. The Bertz CT molecular complexity index is 360. The van der Waals surface area contributed by atoms with Crippen molar-refractivity contribution in [1.82, 2.24) is 5.32 Å². The van der Waals surface area contributed by atoms with Crippen molar-refractivity contribution in [3.63, 3.8) is 0 Å². The van der Waals surface area contributed by atoms with Gasteiger partial charge in [-0.15, -0.1) is 11.8 Å². The fourth-order valence-electron chi connectivity index (χ4n) is 1.69. The molecule has 0 bridgehead atoms. The number of rotatable bonds is 8. The molecule has 1 atom stereocenters. The highest BCUT2D eigenvalue weighted by Crippen LogP contribution is 2.30. The van der Waals surface area contributed by atoms with Crippen LogP contribution < -0.4 is 5.32 Å². The van der Waals surface area contributed by atoms with Crippen LogP contribution in [0.15, 0.2) is 27.6 Å². The van der Waals surface area contributed by atoms with E-state index in [1.165, 1.54) is 10.5 Å². The van der Waals surface area contributed by atoms with E-state index in [4.69, 9.17) is 4.74 Å². The Kier molecular flexibility index (Phi) is 7.98. The van der Waals surface area contributed by atoms with Gasteiger partial charge in [-0.25, -0.2) is 0 Å². The van der Waals surface area contributed by atoms with Gasteiger partial charge in [-0.3, -0.25) is 0 Å². The second-order valence-electron chi connectivity index (χ2n) is 4.20. The summed E-state index contributed by atoms with van der Waals surface area (Å²) >= 11 is 5.41. The van der Waals surface area contributed by atoms with Crippen molar-refractivity contribution in [2.45, 2.75) is 31.2 Å². The van der Waals surface area contributed by atoms with Crippen LogP contribution in [0.5, 0.6) is 0 Å². The zero-order valence-corrected chi connectivity index (χ0v) is 13.7. The zero-order chi connectivity index (χ0) is 13.4. The quantitative estimate of drug-likeness (QED) is 0.568. The smallest absolute Gasteiger partial charge is 0.0556 e. The molecule has 0 spiro atoms. The molecule has 0 saturated heterocycles. The minimum Gasteiger partial charge on any atom is -0.384 e. The molecule has 1 aromatic carbocycles. The third-order valence-electron chi connectivity index (χ3n) is 2.68. The number of hydrogen-bond donors (Lipinski definition) is 1. The van der Waals surface area contributed by atoms with Gasteiger partial charge < -0.3 is 10.1 Å². The standard InChI is InChI=1S/C14H22BrNOS/c1-4-7-16-11(2)13-10-12(15)5-6-14(13)18-9-8-17-3/h5-6,10-11,16H,4,7-9H2,1-3H3. The Labute approximate surface area is 123 Å². The molecule has 2 nitrogen and oxygen atoms in total. The molecule has 0 saturated carbocycles. The minimum atomic E-state index is 0.382. The maximum Gasteiger partial charge on any atom is 0.0556 e. The van der Waals surface area contributed by atoms with Gasteiger partial charge in [0.1, 0.15) is 0 Å². The third-order valence-corrected chi connectivity index (χ3v) is 4.23. The molecule has 1 rings (SSSR count). The van der Waals surface area contributed by atoms with Crippen molar-refractivity contribution >= 4 is 27.7 Å². The van der Waals surface area contributed by atoms with Crippen LogP contribution in [-0.2, 0) is 4.74 Å². The molecule has 0 aliphatic heterocycles. The zero-order valence-electron chi connectivity index (χ0n) is 11.3. The van der Waals surface area contributed by atoms with E-state index in [0.717, 1.165) is 29.8 Å². The van der Waals surface area contributed by atoms with Crippen LogP contribution in [0.1, 0.15) is 31.9 Å². The summed E-state index contributed by atoms with van der Waals surface area (Å²) in [6.45, 7) is 6.25. The van der Waals surface area contributed by atoms with Crippen LogP contribution >= 0.6 is 27.7 Å². The van der Waals surface area contributed by atoms with Gasteiger partial charge in [-0.05, 0) is 43.7 Å². The van der Waals surface area contributed by atoms with E-state index in [2.05, 4.69) is 53.3 Å². The van der Waals surface area contributed by atoms with E-state index in [-0.39, 0.29) is 0 Å². The molecular formula is C14H22BrNOS. The molecule has 0 heterocycles. The molecule has 18 heavy (non-hydrogen) atoms. The first-order valence-electron chi connectivity index (χ1n) is 6.33. The minimum absolute atomic E-state index is 0.382. The lowest BCUT2D eigenvalue weighted by Crippen LogP contribution is -2.19. The molecule has 4 heteroatoms. The largest absolute Gasteiger partial charge is 0.384 e. The Morgan fingerprint density at radius 1 is 1.44 bits per heavy atom. The van der Waals surface area contributed by atoms with Gasteiger partial charge in [0.05, 0.1) is 6.61 Å². The van der Waals surface area contributed by atoms with Crippen molar-refractivity contribution in [2.75, 3.05) is 26.0 Å². The molecule has 0 aliphatic rings. The normalized spacial score (nSPS) is 12.7. The average Bonchev–Trinajstić information content (AvgIpc) is 2.38. The third kappa shape index (κ3) is 5.31. The number of ether oxygens (including phenoxy) is 1. The number of benzene rings is 1. The van der Waals surface area contributed by atoms with Crippen molar-refractivity contribution in [3.05, 3.63) is 28.2 Å². The summed E-state index contributed by atoms with van der Waals surface area (Å²) in [4.78, 5) is 1.34. The number of hydrogen-bond acceptors (Lipinski definition) is 3. The number of thioether (sulfide) groups is 1. The molecule has 0 radical (unpaired) electrons. The first kappa shape index (κ1) is 16.0. The van der Waals surface area contributed by atoms with E-state index in [1.807, 2.05) is 11.8 Å². The Morgan fingerprint density at radius 3 is 2.89 bits per heavy atom. The van der Waals surface area contributed by atoms with E-state index < -0.39 is 0 Å². The summed E-state index contributed by atoms with van der Waals surface area (Å²) in [6, 6.07) is 6.88. The maximum atomic E-state index is 5.11. The van der Waals surface area contributed by atoms with Gasteiger partial charge in [0, 0.05) is 28.3 Å². The second-order valence-corrected chi connectivity index (χ2v) is 6.25. The van der Waals surface area contributed by atoms with Crippen molar-refractivity contribution in [2.24, 2.45) is 0 Å². The van der Waals surface area contributed by atoms with E-state index in [0.29, 0.717) is 6.04 Å². The molecular weight excluding hydrogens is 310 g/mol. The summed E-state index contributed by atoms with van der Waals surface area (Å²) in [6.07, 6.45) is 1.16. The van der Waals surface area contributed by atoms with Crippen LogP contribution in [0, 0.1) is 0 Å². The van der Waals surface area contributed by atoms with E-state index in [9.17, 15) is 0 Å². The van der Waals surface area contributed by atoms with Crippen LogP contribution in [0.3, 0.4) is 0 Å². The van der Waals surface area contributed by atoms with Gasteiger partial charge in [-0.2, -0.15) is 0 Å².